The van der Waals surface area contributed by atoms with Gasteiger partial charge in [0, 0.05) is 12.6 Å². The molecule has 1 saturated carbocycles. The van der Waals surface area contributed by atoms with Gasteiger partial charge in [0.25, 0.3) is 0 Å². The van der Waals surface area contributed by atoms with E-state index in [0.29, 0.717) is 12.6 Å². The summed E-state index contributed by atoms with van der Waals surface area (Å²) in [6.45, 7) is 0.405. The fourth-order valence-electron chi connectivity index (χ4n) is 2.60. The third kappa shape index (κ3) is 4.24. The van der Waals surface area contributed by atoms with E-state index in [0.717, 1.165) is 18.4 Å². The number of amides is 2. The summed E-state index contributed by atoms with van der Waals surface area (Å²) in [4.78, 5) is 12.0. The first-order valence-electron chi connectivity index (χ1n) is 7.11. The molecule has 1 unspecified atom stereocenters. The van der Waals surface area contributed by atoms with Gasteiger partial charge in [0.1, 0.15) is 0 Å². The van der Waals surface area contributed by atoms with Crippen molar-refractivity contribution in [3.8, 4) is 0 Å². The van der Waals surface area contributed by atoms with Crippen LogP contribution in [0.2, 0.25) is 0 Å². The van der Waals surface area contributed by atoms with Crippen LogP contribution in [0.15, 0.2) is 30.3 Å². The van der Waals surface area contributed by atoms with E-state index in [1.54, 1.807) is 0 Å². The smallest absolute Gasteiger partial charge is 0.315 e. The average molecular weight is 261 g/mol. The van der Waals surface area contributed by atoms with E-state index in [4.69, 9.17) is 5.73 Å². The van der Waals surface area contributed by atoms with E-state index >= 15 is 0 Å². The maximum absolute atomic E-state index is 12.0. The molecule has 0 aliphatic heterocycles. The molecule has 0 heterocycles. The fraction of sp³-hybridized carbons (Fsp3) is 0.533. The summed E-state index contributed by atoms with van der Waals surface area (Å²) < 4.78 is 0. The summed E-state index contributed by atoms with van der Waals surface area (Å²) in [5.41, 5.74) is 6.79. The van der Waals surface area contributed by atoms with E-state index in [1.165, 1.54) is 19.3 Å². The number of hydrogen-bond donors (Lipinski definition) is 3. The largest absolute Gasteiger partial charge is 0.335 e. The zero-order valence-corrected chi connectivity index (χ0v) is 11.3. The molecule has 0 bridgehead atoms. The van der Waals surface area contributed by atoms with E-state index in [2.05, 4.69) is 10.6 Å². The van der Waals surface area contributed by atoms with Gasteiger partial charge < -0.3 is 16.4 Å². The normalized spacial score (nSPS) is 17.7. The number of carbonyl (C=O) groups is 1. The average Bonchev–Trinajstić information content (AvgIpc) is 2.47. The van der Waals surface area contributed by atoms with Gasteiger partial charge >= 0.3 is 6.03 Å². The van der Waals surface area contributed by atoms with Crippen molar-refractivity contribution in [2.45, 2.75) is 44.2 Å². The van der Waals surface area contributed by atoms with Gasteiger partial charge in [0.15, 0.2) is 0 Å². The van der Waals surface area contributed by atoms with Crippen molar-refractivity contribution in [3.63, 3.8) is 0 Å². The van der Waals surface area contributed by atoms with Crippen LogP contribution in [-0.2, 0) is 0 Å². The molecular weight excluding hydrogens is 238 g/mol. The molecule has 1 aromatic carbocycles. The Kier molecular flexibility index (Phi) is 5.21. The Morgan fingerprint density at radius 1 is 1.21 bits per heavy atom. The van der Waals surface area contributed by atoms with Crippen LogP contribution in [0.5, 0.6) is 0 Å². The predicted molar refractivity (Wildman–Crippen MR) is 76.8 cm³/mol. The molecule has 19 heavy (non-hydrogen) atoms. The quantitative estimate of drug-likeness (QED) is 0.778. The van der Waals surface area contributed by atoms with Crippen molar-refractivity contribution in [3.05, 3.63) is 35.9 Å². The summed E-state index contributed by atoms with van der Waals surface area (Å²) in [6, 6.07) is 9.94. The molecule has 1 aliphatic rings. The van der Waals surface area contributed by atoms with Gasteiger partial charge in [-0.15, -0.1) is 0 Å². The highest BCUT2D eigenvalue weighted by Crippen LogP contribution is 2.17. The van der Waals surface area contributed by atoms with E-state index in [9.17, 15) is 4.79 Å². The van der Waals surface area contributed by atoms with Crippen LogP contribution < -0.4 is 16.4 Å². The minimum atomic E-state index is -0.121. The highest BCUT2D eigenvalue weighted by atomic mass is 16.2. The maximum Gasteiger partial charge on any atom is 0.315 e. The SMILES string of the molecule is NCC(NC(=O)NC1CCCCC1)c1ccccc1. The summed E-state index contributed by atoms with van der Waals surface area (Å²) in [7, 11) is 0. The second-order valence-electron chi connectivity index (χ2n) is 5.15. The van der Waals surface area contributed by atoms with Crippen LogP contribution >= 0.6 is 0 Å². The summed E-state index contributed by atoms with van der Waals surface area (Å²) in [6.07, 6.45) is 5.89. The van der Waals surface area contributed by atoms with Gasteiger partial charge in [-0.3, -0.25) is 0 Å². The van der Waals surface area contributed by atoms with Gasteiger partial charge in [0.2, 0.25) is 0 Å². The van der Waals surface area contributed by atoms with Crippen molar-refractivity contribution in [2.24, 2.45) is 5.73 Å². The standard InChI is InChI=1S/C15H23N3O/c16-11-14(12-7-3-1-4-8-12)18-15(19)17-13-9-5-2-6-10-13/h1,3-4,7-8,13-14H,2,5-6,9-11,16H2,(H2,17,18,19). The Balaban J connectivity index is 1.85. The molecule has 0 radical (unpaired) electrons. The Hall–Kier alpha value is -1.55. The van der Waals surface area contributed by atoms with Crippen molar-refractivity contribution in [2.75, 3.05) is 6.54 Å². The highest BCUT2D eigenvalue weighted by molar-refractivity contribution is 5.74. The second kappa shape index (κ2) is 7.14. The lowest BCUT2D eigenvalue weighted by atomic mass is 9.96. The second-order valence-corrected chi connectivity index (χ2v) is 5.15. The van der Waals surface area contributed by atoms with Gasteiger partial charge in [0.05, 0.1) is 6.04 Å². The Morgan fingerprint density at radius 2 is 1.89 bits per heavy atom. The molecule has 1 aromatic rings. The number of nitrogens with two attached hydrogens (primary N) is 1. The molecule has 1 aliphatic carbocycles. The van der Waals surface area contributed by atoms with E-state index < -0.39 is 0 Å². The third-order valence-electron chi connectivity index (χ3n) is 3.68. The lowest BCUT2D eigenvalue weighted by Crippen LogP contribution is -2.45. The molecular formula is C15H23N3O. The van der Waals surface area contributed by atoms with E-state index in [1.807, 2.05) is 30.3 Å². The maximum atomic E-state index is 12.0. The van der Waals surface area contributed by atoms with Gasteiger partial charge in [-0.25, -0.2) is 4.79 Å². The number of benzene rings is 1. The number of nitrogens with one attached hydrogen (secondary N) is 2. The Bertz CT molecular complexity index is 388. The molecule has 104 valence electrons. The van der Waals surface area contributed by atoms with Crippen LogP contribution in [0.25, 0.3) is 0 Å². The first-order valence-corrected chi connectivity index (χ1v) is 7.11. The monoisotopic (exact) mass is 261 g/mol. The first-order chi connectivity index (χ1) is 9.29. The molecule has 1 atom stereocenters. The van der Waals surface area contributed by atoms with Crippen molar-refractivity contribution in [1.82, 2.24) is 10.6 Å². The topological polar surface area (TPSA) is 67.1 Å². The highest BCUT2D eigenvalue weighted by Gasteiger charge is 2.18. The molecule has 4 heteroatoms. The summed E-state index contributed by atoms with van der Waals surface area (Å²) in [5.74, 6) is 0. The van der Waals surface area contributed by atoms with Crippen molar-refractivity contribution >= 4 is 6.03 Å². The first kappa shape index (κ1) is 13.9. The zero-order chi connectivity index (χ0) is 13.5. The Morgan fingerprint density at radius 3 is 2.53 bits per heavy atom. The summed E-state index contributed by atoms with van der Waals surface area (Å²) in [5, 5.41) is 6.00. The lowest BCUT2D eigenvalue weighted by molar-refractivity contribution is 0.229. The fourth-order valence-corrected chi connectivity index (χ4v) is 2.60. The Labute approximate surface area is 114 Å². The van der Waals surface area contributed by atoms with Gasteiger partial charge in [-0.1, -0.05) is 49.6 Å². The zero-order valence-electron chi connectivity index (χ0n) is 11.3. The third-order valence-corrected chi connectivity index (χ3v) is 3.68. The minimum absolute atomic E-state index is 0.105. The number of urea groups is 1. The van der Waals surface area contributed by atoms with Crippen LogP contribution in [0.1, 0.15) is 43.7 Å². The molecule has 0 saturated heterocycles. The lowest BCUT2D eigenvalue weighted by Gasteiger charge is -2.25. The number of rotatable bonds is 4. The van der Waals surface area contributed by atoms with Gasteiger partial charge in [-0.05, 0) is 18.4 Å². The van der Waals surface area contributed by atoms with Crippen LogP contribution in [0.3, 0.4) is 0 Å². The van der Waals surface area contributed by atoms with Gasteiger partial charge in [-0.2, -0.15) is 0 Å². The number of hydrogen-bond acceptors (Lipinski definition) is 2. The van der Waals surface area contributed by atoms with Crippen molar-refractivity contribution < 1.29 is 4.79 Å². The molecule has 4 N–H and O–H groups in total. The minimum Gasteiger partial charge on any atom is -0.335 e. The summed E-state index contributed by atoms with van der Waals surface area (Å²) >= 11 is 0. The van der Waals surface area contributed by atoms with Crippen LogP contribution in [-0.4, -0.2) is 18.6 Å². The molecule has 0 spiro atoms. The molecule has 2 rings (SSSR count). The molecule has 4 nitrogen and oxygen atoms in total. The van der Waals surface area contributed by atoms with Crippen LogP contribution in [0, 0.1) is 0 Å². The predicted octanol–water partition coefficient (Wildman–Crippen LogP) is 2.32. The van der Waals surface area contributed by atoms with E-state index in [-0.39, 0.29) is 12.1 Å². The van der Waals surface area contributed by atoms with Crippen molar-refractivity contribution in [1.29, 1.82) is 0 Å². The molecule has 2 amide bonds. The molecule has 1 fully saturated rings. The van der Waals surface area contributed by atoms with Crippen LogP contribution in [0.4, 0.5) is 4.79 Å². The number of carbonyl (C=O) groups excluding carboxylic acids is 1. The molecule has 0 aromatic heterocycles.